The molecular formula is C21H24Cl2N2O. The van der Waals surface area contributed by atoms with Gasteiger partial charge in [-0.15, -0.1) is 0 Å². The molecule has 3 nitrogen and oxygen atoms in total. The predicted octanol–water partition coefficient (Wildman–Crippen LogP) is 4.50. The molecule has 0 aromatic heterocycles. The van der Waals surface area contributed by atoms with E-state index < -0.39 is 0 Å². The van der Waals surface area contributed by atoms with E-state index in [1.54, 1.807) is 0 Å². The minimum atomic E-state index is 0.308. The van der Waals surface area contributed by atoms with Crippen molar-refractivity contribution in [3.05, 3.63) is 63.6 Å². The van der Waals surface area contributed by atoms with Gasteiger partial charge in [0.2, 0.25) is 0 Å². The van der Waals surface area contributed by atoms with Gasteiger partial charge in [-0.25, -0.2) is 0 Å². The Balaban J connectivity index is 1.26. The van der Waals surface area contributed by atoms with Gasteiger partial charge in [-0.2, -0.15) is 0 Å². The fourth-order valence-electron chi connectivity index (χ4n) is 3.82. The molecule has 0 spiro atoms. The normalized spacial score (nSPS) is 21.2. The standard InChI is InChI=1S/C21H24Cl2N2O/c22-18-7-5-17(20(23)13-18)14-24-9-11-25(12-10-24)15-19-8-6-16-3-1-2-4-21(16)26-19/h1-5,7,13,19H,6,8-12,14-15H2. The van der Waals surface area contributed by atoms with E-state index in [9.17, 15) is 0 Å². The summed E-state index contributed by atoms with van der Waals surface area (Å²) in [6.45, 7) is 6.17. The molecule has 0 saturated carbocycles. The maximum Gasteiger partial charge on any atom is 0.122 e. The molecule has 0 radical (unpaired) electrons. The molecule has 5 heteroatoms. The van der Waals surface area contributed by atoms with Crippen LogP contribution in [0.2, 0.25) is 10.0 Å². The number of hydrogen-bond acceptors (Lipinski definition) is 3. The van der Waals surface area contributed by atoms with Gasteiger partial charge in [0.15, 0.2) is 0 Å². The zero-order chi connectivity index (χ0) is 17.9. The molecule has 1 fully saturated rings. The first-order valence-electron chi connectivity index (χ1n) is 9.30. The van der Waals surface area contributed by atoms with Crippen LogP contribution in [0.4, 0.5) is 0 Å². The maximum atomic E-state index is 6.31. The number of aryl methyl sites for hydroxylation is 1. The van der Waals surface area contributed by atoms with Gasteiger partial charge in [-0.05, 0) is 42.2 Å². The fraction of sp³-hybridized carbons (Fsp3) is 0.429. The van der Waals surface area contributed by atoms with Gasteiger partial charge in [0.05, 0.1) is 0 Å². The molecule has 26 heavy (non-hydrogen) atoms. The first kappa shape index (κ1) is 18.1. The van der Waals surface area contributed by atoms with Crippen molar-refractivity contribution in [1.29, 1.82) is 0 Å². The number of rotatable bonds is 4. The van der Waals surface area contributed by atoms with Crippen LogP contribution in [0.3, 0.4) is 0 Å². The molecule has 138 valence electrons. The quantitative estimate of drug-likeness (QED) is 0.763. The topological polar surface area (TPSA) is 15.7 Å². The number of fused-ring (bicyclic) bond motifs is 1. The average Bonchev–Trinajstić information content (AvgIpc) is 2.65. The third kappa shape index (κ3) is 4.34. The van der Waals surface area contributed by atoms with Crippen molar-refractivity contribution in [3.63, 3.8) is 0 Å². The lowest BCUT2D eigenvalue weighted by Gasteiger charge is -2.37. The van der Waals surface area contributed by atoms with Gasteiger partial charge in [0, 0.05) is 49.3 Å². The summed E-state index contributed by atoms with van der Waals surface area (Å²) in [5, 5.41) is 1.45. The number of hydrogen-bond donors (Lipinski definition) is 0. The van der Waals surface area contributed by atoms with Crippen molar-refractivity contribution in [2.45, 2.75) is 25.5 Å². The first-order chi connectivity index (χ1) is 12.7. The lowest BCUT2D eigenvalue weighted by Crippen LogP contribution is -2.49. The van der Waals surface area contributed by atoms with E-state index in [0.717, 1.165) is 68.4 Å². The molecule has 0 aliphatic carbocycles. The highest BCUT2D eigenvalue weighted by atomic mass is 35.5. The summed E-state index contributed by atoms with van der Waals surface area (Å²) in [7, 11) is 0. The number of halogens is 2. The monoisotopic (exact) mass is 390 g/mol. The molecule has 1 unspecified atom stereocenters. The number of nitrogens with zero attached hydrogens (tertiary/aromatic N) is 2. The molecule has 2 aromatic rings. The van der Waals surface area contributed by atoms with Crippen LogP contribution in [-0.2, 0) is 13.0 Å². The minimum Gasteiger partial charge on any atom is -0.489 e. The van der Waals surface area contributed by atoms with Crippen LogP contribution in [0.5, 0.6) is 5.75 Å². The van der Waals surface area contributed by atoms with Crippen LogP contribution in [0.25, 0.3) is 0 Å². The summed E-state index contributed by atoms with van der Waals surface area (Å²) < 4.78 is 6.20. The van der Waals surface area contributed by atoms with E-state index in [0.29, 0.717) is 11.1 Å². The minimum absolute atomic E-state index is 0.308. The number of benzene rings is 2. The number of piperazine rings is 1. The van der Waals surface area contributed by atoms with Gasteiger partial charge in [0.1, 0.15) is 11.9 Å². The van der Waals surface area contributed by atoms with Gasteiger partial charge in [-0.1, -0.05) is 47.5 Å². The summed E-state index contributed by atoms with van der Waals surface area (Å²) in [6.07, 6.45) is 2.54. The third-order valence-corrected chi connectivity index (χ3v) is 5.92. The second kappa shape index (κ2) is 8.18. The summed E-state index contributed by atoms with van der Waals surface area (Å²) in [5.74, 6) is 1.07. The summed E-state index contributed by atoms with van der Waals surface area (Å²) >= 11 is 12.3. The zero-order valence-corrected chi connectivity index (χ0v) is 16.3. The van der Waals surface area contributed by atoms with Crippen LogP contribution >= 0.6 is 23.2 Å². The highest BCUT2D eigenvalue weighted by Gasteiger charge is 2.24. The number of ether oxygens (including phenoxy) is 1. The average molecular weight is 391 g/mol. The van der Waals surface area contributed by atoms with Crippen LogP contribution in [0, 0.1) is 0 Å². The second-order valence-electron chi connectivity index (χ2n) is 7.20. The highest BCUT2D eigenvalue weighted by Crippen LogP contribution is 2.28. The molecule has 2 aromatic carbocycles. The van der Waals surface area contributed by atoms with E-state index in [1.165, 1.54) is 5.56 Å². The Morgan fingerprint density at radius 1 is 0.962 bits per heavy atom. The highest BCUT2D eigenvalue weighted by molar-refractivity contribution is 6.35. The predicted molar refractivity (Wildman–Crippen MR) is 107 cm³/mol. The lowest BCUT2D eigenvalue weighted by atomic mass is 10.0. The molecule has 2 heterocycles. The van der Waals surface area contributed by atoms with Gasteiger partial charge >= 0.3 is 0 Å². The first-order valence-corrected chi connectivity index (χ1v) is 10.1. The fourth-order valence-corrected chi connectivity index (χ4v) is 4.29. The van der Waals surface area contributed by atoms with Gasteiger partial charge in [-0.3, -0.25) is 9.80 Å². The molecule has 1 saturated heterocycles. The molecule has 0 bridgehead atoms. The summed E-state index contributed by atoms with van der Waals surface area (Å²) in [5.41, 5.74) is 2.49. The van der Waals surface area contributed by atoms with Crippen molar-refractivity contribution >= 4 is 23.2 Å². The summed E-state index contributed by atoms with van der Waals surface area (Å²) in [6, 6.07) is 14.2. The van der Waals surface area contributed by atoms with Crippen LogP contribution < -0.4 is 4.74 Å². The Morgan fingerprint density at radius 2 is 1.73 bits per heavy atom. The zero-order valence-electron chi connectivity index (χ0n) is 14.8. The van der Waals surface area contributed by atoms with E-state index in [1.807, 2.05) is 18.2 Å². The van der Waals surface area contributed by atoms with Crippen molar-refractivity contribution in [2.24, 2.45) is 0 Å². The molecule has 1 atom stereocenters. The van der Waals surface area contributed by atoms with E-state index in [2.05, 4.69) is 34.1 Å². The summed E-state index contributed by atoms with van der Waals surface area (Å²) in [4.78, 5) is 4.99. The van der Waals surface area contributed by atoms with Crippen LogP contribution in [0.1, 0.15) is 17.5 Å². The molecule has 0 amide bonds. The Hall–Kier alpha value is -1.26. The molecule has 0 N–H and O–H groups in total. The maximum absolute atomic E-state index is 6.31. The smallest absolute Gasteiger partial charge is 0.122 e. The van der Waals surface area contributed by atoms with Crippen molar-refractivity contribution in [2.75, 3.05) is 32.7 Å². The van der Waals surface area contributed by atoms with E-state index in [-0.39, 0.29) is 0 Å². The molecular weight excluding hydrogens is 367 g/mol. The van der Waals surface area contributed by atoms with Gasteiger partial charge < -0.3 is 4.74 Å². The Bertz CT molecular complexity index is 759. The Kier molecular flexibility index (Phi) is 5.70. The largest absolute Gasteiger partial charge is 0.489 e. The Labute approximate surface area is 165 Å². The molecule has 2 aliphatic heterocycles. The lowest BCUT2D eigenvalue weighted by molar-refractivity contribution is 0.0722. The van der Waals surface area contributed by atoms with E-state index >= 15 is 0 Å². The van der Waals surface area contributed by atoms with Crippen molar-refractivity contribution < 1.29 is 4.74 Å². The molecule has 2 aliphatic rings. The van der Waals surface area contributed by atoms with Crippen LogP contribution in [-0.4, -0.2) is 48.6 Å². The van der Waals surface area contributed by atoms with Crippen LogP contribution in [0.15, 0.2) is 42.5 Å². The SMILES string of the molecule is Clc1ccc(CN2CCN(CC3CCc4ccccc4O3)CC2)c(Cl)c1. The Morgan fingerprint density at radius 3 is 2.54 bits per heavy atom. The molecule has 4 rings (SSSR count). The third-order valence-electron chi connectivity index (χ3n) is 5.34. The number of para-hydroxylation sites is 1. The van der Waals surface area contributed by atoms with E-state index in [4.69, 9.17) is 27.9 Å². The van der Waals surface area contributed by atoms with Crippen molar-refractivity contribution in [1.82, 2.24) is 9.80 Å². The van der Waals surface area contributed by atoms with Gasteiger partial charge in [0.25, 0.3) is 0 Å². The van der Waals surface area contributed by atoms with Crippen molar-refractivity contribution in [3.8, 4) is 5.75 Å². The second-order valence-corrected chi connectivity index (χ2v) is 8.04.